The molecule has 0 aliphatic carbocycles. The number of aldehydes is 1. The number of benzene rings is 1. The highest BCUT2D eigenvalue weighted by Gasteiger charge is 2.34. The lowest BCUT2D eigenvalue weighted by Gasteiger charge is -2.35. The standard InChI is InChI=1S/C15H18ClNO4/c1-15(2,3)21-14(20)17-7-11-10(6-9(17)8-18)12(16)4-5-13(11)19/h4-5,8-9,19H,6-7H2,1-3H3. The Bertz CT molecular complexity index is 580. The van der Waals surface area contributed by atoms with E-state index in [0.29, 0.717) is 22.4 Å². The number of halogens is 1. The molecule has 21 heavy (non-hydrogen) atoms. The van der Waals surface area contributed by atoms with Crippen LogP contribution in [0, 0.1) is 0 Å². The van der Waals surface area contributed by atoms with E-state index >= 15 is 0 Å². The van der Waals surface area contributed by atoms with Gasteiger partial charge in [-0.3, -0.25) is 4.90 Å². The largest absolute Gasteiger partial charge is 0.508 e. The molecule has 0 radical (unpaired) electrons. The number of hydrogen-bond donors (Lipinski definition) is 1. The second-order valence-corrected chi connectivity index (χ2v) is 6.45. The van der Waals surface area contributed by atoms with Crippen molar-refractivity contribution < 1.29 is 19.4 Å². The number of aromatic hydroxyl groups is 1. The number of hydrogen-bond acceptors (Lipinski definition) is 4. The molecule has 1 aliphatic rings. The minimum atomic E-state index is -0.652. The van der Waals surface area contributed by atoms with Gasteiger partial charge in [0.05, 0.1) is 12.6 Å². The van der Waals surface area contributed by atoms with Crippen molar-refractivity contribution in [2.75, 3.05) is 0 Å². The van der Waals surface area contributed by atoms with Crippen molar-refractivity contribution in [2.45, 2.75) is 45.4 Å². The zero-order valence-corrected chi connectivity index (χ0v) is 13.0. The van der Waals surface area contributed by atoms with E-state index in [4.69, 9.17) is 16.3 Å². The molecule has 1 unspecified atom stereocenters. The van der Waals surface area contributed by atoms with Crippen LogP contribution in [0.4, 0.5) is 4.79 Å². The minimum absolute atomic E-state index is 0.0623. The van der Waals surface area contributed by atoms with Gasteiger partial charge in [0, 0.05) is 17.0 Å². The molecule has 114 valence electrons. The quantitative estimate of drug-likeness (QED) is 0.810. The second kappa shape index (κ2) is 5.56. The van der Waals surface area contributed by atoms with Crippen LogP contribution in [-0.4, -0.2) is 34.0 Å². The Labute approximate surface area is 128 Å². The van der Waals surface area contributed by atoms with Gasteiger partial charge in [-0.1, -0.05) is 11.6 Å². The summed E-state index contributed by atoms with van der Waals surface area (Å²) in [6.07, 6.45) is 0.392. The molecule has 6 heteroatoms. The highest BCUT2D eigenvalue weighted by atomic mass is 35.5. The molecule has 0 saturated carbocycles. The van der Waals surface area contributed by atoms with Crippen molar-refractivity contribution in [2.24, 2.45) is 0 Å². The lowest BCUT2D eigenvalue weighted by atomic mass is 9.94. The van der Waals surface area contributed by atoms with E-state index in [1.54, 1.807) is 26.8 Å². The summed E-state index contributed by atoms with van der Waals surface area (Å²) in [5.74, 6) is 0.0623. The Morgan fingerprint density at radius 3 is 2.67 bits per heavy atom. The third-order valence-corrected chi connectivity index (χ3v) is 3.63. The first-order valence-corrected chi connectivity index (χ1v) is 7.05. The number of carbonyl (C=O) groups is 2. The summed E-state index contributed by atoms with van der Waals surface area (Å²) in [7, 11) is 0. The van der Waals surface area contributed by atoms with Gasteiger partial charge in [-0.15, -0.1) is 0 Å². The van der Waals surface area contributed by atoms with Gasteiger partial charge >= 0.3 is 6.09 Å². The van der Waals surface area contributed by atoms with E-state index in [1.807, 2.05) is 0 Å². The predicted molar refractivity (Wildman–Crippen MR) is 78.4 cm³/mol. The minimum Gasteiger partial charge on any atom is -0.508 e. The summed E-state index contributed by atoms with van der Waals surface area (Å²) in [5.41, 5.74) is 0.612. The van der Waals surface area contributed by atoms with Gasteiger partial charge in [0.2, 0.25) is 0 Å². The fourth-order valence-electron chi connectivity index (χ4n) is 2.30. The summed E-state index contributed by atoms with van der Waals surface area (Å²) in [4.78, 5) is 24.8. The van der Waals surface area contributed by atoms with Gasteiger partial charge in [0.15, 0.2) is 0 Å². The maximum atomic E-state index is 12.2. The van der Waals surface area contributed by atoms with E-state index in [9.17, 15) is 14.7 Å². The van der Waals surface area contributed by atoms with Crippen molar-refractivity contribution in [3.63, 3.8) is 0 Å². The van der Waals surface area contributed by atoms with Crippen molar-refractivity contribution in [3.8, 4) is 5.75 Å². The smallest absolute Gasteiger partial charge is 0.411 e. The number of ether oxygens (including phenoxy) is 1. The Morgan fingerprint density at radius 1 is 1.43 bits per heavy atom. The van der Waals surface area contributed by atoms with Gasteiger partial charge in [-0.05, 0) is 38.5 Å². The molecule has 0 aromatic heterocycles. The van der Waals surface area contributed by atoms with Crippen molar-refractivity contribution in [1.29, 1.82) is 0 Å². The van der Waals surface area contributed by atoms with Crippen LogP contribution in [0.5, 0.6) is 5.75 Å². The van der Waals surface area contributed by atoms with Crippen molar-refractivity contribution in [1.82, 2.24) is 4.90 Å². The van der Waals surface area contributed by atoms with E-state index in [2.05, 4.69) is 0 Å². The number of phenolic OH excluding ortho intramolecular Hbond substituents is 1. The molecule has 0 fully saturated rings. The first kappa shape index (κ1) is 15.6. The van der Waals surface area contributed by atoms with Crippen LogP contribution in [0.25, 0.3) is 0 Å². The lowest BCUT2D eigenvalue weighted by molar-refractivity contribution is -0.113. The van der Waals surface area contributed by atoms with E-state index in [0.717, 1.165) is 0 Å². The van der Waals surface area contributed by atoms with E-state index in [-0.39, 0.29) is 18.7 Å². The van der Waals surface area contributed by atoms with Crippen LogP contribution in [-0.2, 0) is 22.5 Å². The fourth-order valence-corrected chi connectivity index (χ4v) is 2.55. The number of fused-ring (bicyclic) bond motifs is 1. The maximum absolute atomic E-state index is 12.2. The van der Waals surface area contributed by atoms with Gasteiger partial charge in [-0.25, -0.2) is 4.79 Å². The van der Waals surface area contributed by atoms with Crippen LogP contribution in [0.1, 0.15) is 31.9 Å². The van der Waals surface area contributed by atoms with Crippen LogP contribution in [0.15, 0.2) is 12.1 Å². The zero-order chi connectivity index (χ0) is 15.8. The average molecular weight is 312 g/mol. The molecule has 1 heterocycles. The third-order valence-electron chi connectivity index (χ3n) is 3.28. The summed E-state index contributed by atoms with van der Waals surface area (Å²) in [6, 6.07) is 2.42. The zero-order valence-electron chi connectivity index (χ0n) is 12.2. The summed E-state index contributed by atoms with van der Waals surface area (Å²) >= 11 is 6.11. The Balaban J connectivity index is 2.34. The average Bonchev–Trinajstić information content (AvgIpc) is 2.40. The number of phenols is 1. The number of rotatable bonds is 1. The van der Waals surface area contributed by atoms with Crippen LogP contribution >= 0.6 is 11.6 Å². The SMILES string of the molecule is CC(C)(C)OC(=O)N1Cc2c(O)ccc(Cl)c2CC1C=O. The molecule has 0 spiro atoms. The molecule has 1 aromatic carbocycles. The molecule has 1 amide bonds. The van der Waals surface area contributed by atoms with Gasteiger partial charge in [0.1, 0.15) is 17.6 Å². The summed E-state index contributed by atoms with van der Waals surface area (Å²) in [5, 5.41) is 10.4. The van der Waals surface area contributed by atoms with Gasteiger partial charge in [0.25, 0.3) is 0 Å². The fraction of sp³-hybridized carbons (Fsp3) is 0.467. The number of carbonyl (C=O) groups excluding carboxylic acids is 2. The molecule has 0 saturated heterocycles. The first-order valence-electron chi connectivity index (χ1n) is 6.67. The molecular formula is C15H18ClNO4. The van der Waals surface area contributed by atoms with Crippen LogP contribution < -0.4 is 0 Å². The van der Waals surface area contributed by atoms with Gasteiger partial charge in [-0.2, -0.15) is 0 Å². The number of amides is 1. The van der Waals surface area contributed by atoms with E-state index < -0.39 is 17.7 Å². The Kier molecular flexibility index (Phi) is 4.14. The predicted octanol–water partition coefficient (Wildman–Crippen LogP) is 2.91. The van der Waals surface area contributed by atoms with Crippen molar-refractivity contribution >= 4 is 24.0 Å². The molecule has 1 aromatic rings. The van der Waals surface area contributed by atoms with Gasteiger partial charge < -0.3 is 14.6 Å². The van der Waals surface area contributed by atoms with Crippen LogP contribution in [0.3, 0.4) is 0 Å². The molecule has 1 atom stereocenters. The highest BCUT2D eigenvalue weighted by molar-refractivity contribution is 6.31. The molecule has 1 N–H and O–H groups in total. The Morgan fingerprint density at radius 2 is 2.10 bits per heavy atom. The van der Waals surface area contributed by atoms with Crippen molar-refractivity contribution in [3.05, 3.63) is 28.3 Å². The highest BCUT2D eigenvalue weighted by Crippen LogP contribution is 2.34. The normalized spacial score (nSPS) is 18.1. The molecule has 0 bridgehead atoms. The monoisotopic (exact) mass is 311 g/mol. The molecular weight excluding hydrogens is 294 g/mol. The summed E-state index contributed by atoms with van der Waals surface area (Å²) < 4.78 is 5.31. The molecule has 2 rings (SSSR count). The lowest BCUT2D eigenvalue weighted by Crippen LogP contribution is -2.47. The Hall–Kier alpha value is -1.75. The summed E-state index contributed by atoms with van der Waals surface area (Å²) in [6.45, 7) is 5.37. The second-order valence-electron chi connectivity index (χ2n) is 6.04. The van der Waals surface area contributed by atoms with E-state index in [1.165, 1.54) is 11.0 Å². The third kappa shape index (κ3) is 3.29. The molecule has 1 aliphatic heterocycles. The van der Waals surface area contributed by atoms with Crippen LogP contribution in [0.2, 0.25) is 5.02 Å². The first-order chi connectivity index (χ1) is 9.73. The maximum Gasteiger partial charge on any atom is 0.411 e. The number of nitrogens with zero attached hydrogens (tertiary/aromatic N) is 1. The topological polar surface area (TPSA) is 66.8 Å². The molecule has 5 nitrogen and oxygen atoms in total.